The van der Waals surface area contributed by atoms with Crippen molar-refractivity contribution < 1.29 is 14.3 Å². The van der Waals surface area contributed by atoms with Crippen LogP contribution < -0.4 is 11.1 Å². The predicted octanol–water partition coefficient (Wildman–Crippen LogP) is 2.62. The summed E-state index contributed by atoms with van der Waals surface area (Å²) in [5, 5.41) is 11.9. The van der Waals surface area contributed by atoms with Crippen molar-refractivity contribution in [3.8, 4) is 0 Å². The summed E-state index contributed by atoms with van der Waals surface area (Å²) in [4.78, 5) is 16.3. The molecule has 1 amide bonds. The van der Waals surface area contributed by atoms with Crippen LogP contribution in [0.1, 0.15) is 45.9 Å². The van der Waals surface area contributed by atoms with Crippen LogP contribution in [0.25, 0.3) is 0 Å². The Labute approximate surface area is 158 Å². The van der Waals surface area contributed by atoms with E-state index >= 15 is 0 Å². The molecule has 6 heteroatoms. The fraction of sp³-hybridized carbons (Fsp3) is 0.238. The SMILES string of the molecule is NC(CO)c1nc(C(=O)NCCC(c2ccccc2)c2ccccc2)co1. The van der Waals surface area contributed by atoms with Crippen molar-refractivity contribution in [3.05, 3.63) is 89.6 Å². The Kier molecular flexibility index (Phi) is 6.35. The number of hydrogen-bond donors (Lipinski definition) is 3. The molecule has 4 N–H and O–H groups in total. The van der Waals surface area contributed by atoms with Gasteiger partial charge in [-0.15, -0.1) is 0 Å². The Hall–Kier alpha value is -2.96. The normalized spacial score (nSPS) is 12.1. The lowest BCUT2D eigenvalue weighted by Crippen LogP contribution is -2.26. The molecule has 0 aliphatic rings. The number of aliphatic hydroxyl groups excluding tert-OH is 1. The number of benzene rings is 2. The summed E-state index contributed by atoms with van der Waals surface area (Å²) in [5.74, 6) is 0.00694. The predicted molar refractivity (Wildman–Crippen MR) is 102 cm³/mol. The molecule has 0 radical (unpaired) electrons. The van der Waals surface area contributed by atoms with Gasteiger partial charge >= 0.3 is 0 Å². The number of amides is 1. The van der Waals surface area contributed by atoms with E-state index in [2.05, 4.69) is 34.6 Å². The molecule has 1 heterocycles. The number of oxazole rings is 1. The average Bonchev–Trinajstić information content (AvgIpc) is 3.22. The minimum absolute atomic E-state index is 0.147. The Bertz CT molecular complexity index is 810. The lowest BCUT2D eigenvalue weighted by molar-refractivity contribution is 0.0947. The van der Waals surface area contributed by atoms with Gasteiger partial charge < -0.3 is 20.6 Å². The molecular formula is C21H23N3O3. The minimum Gasteiger partial charge on any atom is -0.446 e. The molecule has 1 aromatic heterocycles. The lowest BCUT2D eigenvalue weighted by Gasteiger charge is -2.18. The number of nitrogens with two attached hydrogens (primary N) is 1. The summed E-state index contributed by atoms with van der Waals surface area (Å²) >= 11 is 0. The number of hydrogen-bond acceptors (Lipinski definition) is 5. The zero-order valence-corrected chi connectivity index (χ0v) is 14.9. The Morgan fingerprint density at radius 1 is 1.07 bits per heavy atom. The second-order valence-electron chi connectivity index (χ2n) is 6.28. The van der Waals surface area contributed by atoms with E-state index in [4.69, 9.17) is 15.3 Å². The molecule has 0 spiro atoms. The van der Waals surface area contributed by atoms with Crippen LogP contribution in [-0.2, 0) is 0 Å². The van der Waals surface area contributed by atoms with Crippen molar-refractivity contribution in [1.82, 2.24) is 10.3 Å². The summed E-state index contributed by atoms with van der Waals surface area (Å²) in [6, 6.07) is 19.7. The molecule has 27 heavy (non-hydrogen) atoms. The number of carbonyl (C=O) groups is 1. The van der Waals surface area contributed by atoms with Crippen LogP contribution in [0.2, 0.25) is 0 Å². The maximum Gasteiger partial charge on any atom is 0.273 e. The van der Waals surface area contributed by atoms with E-state index in [0.29, 0.717) is 6.54 Å². The summed E-state index contributed by atoms with van der Waals surface area (Å²) in [6.45, 7) is 0.193. The third kappa shape index (κ3) is 4.81. The van der Waals surface area contributed by atoms with Crippen LogP contribution in [0, 0.1) is 0 Å². The maximum absolute atomic E-state index is 12.3. The van der Waals surface area contributed by atoms with E-state index in [-0.39, 0.29) is 30.0 Å². The first-order valence-electron chi connectivity index (χ1n) is 8.89. The number of nitrogens with zero attached hydrogens (tertiary/aromatic N) is 1. The van der Waals surface area contributed by atoms with Gasteiger partial charge in [0.15, 0.2) is 5.69 Å². The molecule has 0 saturated carbocycles. The second kappa shape index (κ2) is 9.12. The zero-order chi connectivity index (χ0) is 19.1. The Morgan fingerprint density at radius 2 is 1.67 bits per heavy atom. The molecular weight excluding hydrogens is 342 g/mol. The van der Waals surface area contributed by atoms with Crippen molar-refractivity contribution >= 4 is 5.91 Å². The molecule has 6 nitrogen and oxygen atoms in total. The molecule has 0 bridgehead atoms. The highest BCUT2D eigenvalue weighted by molar-refractivity contribution is 5.91. The first-order chi connectivity index (χ1) is 13.2. The summed E-state index contributed by atoms with van der Waals surface area (Å²) in [5.41, 5.74) is 8.20. The summed E-state index contributed by atoms with van der Waals surface area (Å²) in [6.07, 6.45) is 2.01. The highest BCUT2D eigenvalue weighted by Crippen LogP contribution is 2.27. The van der Waals surface area contributed by atoms with Gasteiger partial charge in [0.25, 0.3) is 5.91 Å². The van der Waals surface area contributed by atoms with Gasteiger partial charge in [-0.1, -0.05) is 60.7 Å². The third-order valence-corrected chi connectivity index (χ3v) is 4.39. The smallest absolute Gasteiger partial charge is 0.273 e. The van der Waals surface area contributed by atoms with Crippen LogP contribution in [0.5, 0.6) is 0 Å². The number of nitrogens with one attached hydrogen (secondary N) is 1. The Balaban J connectivity index is 1.64. The van der Waals surface area contributed by atoms with Crippen molar-refractivity contribution in [3.63, 3.8) is 0 Å². The van der Waals surface area contributed by atoms with E-state index in [9.17, 15) is 4.79 Å². The van der Waals surface area contributed by atoms with Crippen LogP contribution in [0.15, 0.2) is 71.3 Å². The van der Waals surface area contributed by atoms with Crippen LogP contribution in [-0.4, -0.2) is 29.1 Å². The quantitative estimate of drug-likeness (QED) is 0.570. The van der Waals surface area contributed by atoms with Crippen molar-refractivity contribution in [1.29, 1.82) is 0 Å². The van der Waals surface area contributed by atoms with Crippen LogP contribution in [0.4, 0.5) is 0 Å². The van der Waals surface area contributed by atoms with E-state index in [1.54, 1.807) is 0 Å². The van der Waals surface area contributed by atoms with Gasteiger partial charge in [0.05, 0.1) is 6.61 Å². The van der Waals surface area contributed by atoms with E-state index in [1.807, 2.05) is 36.4 Å². The van der Waals surface area contributed by atoms with Crippen LogP contribution >= 0.6 is 0 Å². The highest BCUT2D eigenvalue weighted by atomic mass is 16.3. The molecule has 2 aromatic carbocycles. The molecule has 140 valence electrons. The lowest BCUT2D eigenvalue weighted by atomic mass is 9.88. The molecule has 3 rings (SSSR count). The average molecular weight is 365 g/mol. The fourth-order valence-corrected chi connectivity index (χ4v) is 2.96. The third-order valence-electron chi connectivity index (χ3n) is 4.39. The monoisotopic (exact) mass is 365 g/mol. The van der Waals surface area contributed by atoms with Crippen molar-refractivity contribution in [2.45, 2.75) is 18.4 Å². The molecule has 0 aliphatic heterocycles. The number of aliphatic hydroxyl groups is 1. The number of carbonyl (C=O) groups excluding carboxylic acids is 1. The van der Waals surface area contributed by atoms with Crippen LogP contribution in [0.3, 0.4) is 0 Å². The topological polar surface area (TPSA) is 101 Å². The second-order valence-corrected chi connectivity index (χ2v) is 6.28. The molecule has 1 atom stereocenters. The molecule has 0 fully saturated rings. The van der Waals surface area contributed by atoms with Gasteiger partial charge in [-0.05, 0) is 17.5 Å². The van der Waals surface area contributed by atoms with Gasteiger partial charge in [0.1, 0.15) is 12.3 Å². The van der Waals surface area contributed by atoms with Gasteiger partial charge in [0.2, 0.25) is 5.89 Å². The number of rotatable bonds is 8. The van der Waals surface area contributed by atoms with E-state index < -0.39 is 6.04 Å². The largest absolute Gasteiger partial charge is 0.446 e. The molecule has 3 aromatic rings. The van der Waals surface area contributed by atoms with Crippen molar-refractivity contribution in [2.75, 3.05) is 13.2 Å². The van der Waals surface area contributed by atoms with Gasteiger partial charge in [-0.2, -0.15) is 0 Å². The van der Waals surface area contributed by atoms with E-state index in [0.717, 1.165) is 6.42 Å². The number of aromatic nitrogens is 1. The maximum atomic E-state index is 12.3. The zero-order valence-electron chi connectivity index (χ0n) is 14.9. The van der Waals surface area contributed by atoms with E-state index in [1.165, 1.54) is 17.4 Å². The Morgan fingerprint density at radius 3 is 2.22 bits per heavy atom. The van der Waals surface area contributed by atoms with Gasteiger partial charge in [-0.3, -0.25) is 4.79 Å². The first-order valence-corrected chi connectivity index (χ1v) is 8.89. The van der Waals surface area contributed by atoms with Gasteiger partial charge in [0, 0.05) is 12.5 Å². The first kappa shape index (κ1) is 18.8. The van der Waals surface area contributed by atoms with Gasteiger partial charge in [-0.25, -0.2) is 4.98 Å². The highest BCUT2D eigenvalue weighted by Gasteiger charge is 2.18. The fourth-order valence-electron chi connectivity index (χ4n) is 2.96. The van der Waals surface area contributed by atoms with Crippen molar-refractivity contribution in [2.24, 2.45) is 5.73 Å². The molecule has 0 saturated heterocycles. The summed E-state index contributed by atoms with van der Waals surface area (Å²) in [7, 11) is 0. The molecule has 1 unspecified atom stereocenters. The minimum atomic E-state index is -0.730. The molecule has 0 aliphatic carbocycles. The summed E-state index contributed by atoms with van der Waals surface area (Å²) < 4.78 is 5.15. The standard InChI is InChI=1S/C21H23N3O3/c22-18(13-25)21-24-19(14-27-21)20(26)23-12-11-17(15-7-3-1-4-8-15)16-9-5-2-6-10-16/h1-10,14,17-18,25H,11-13,22H2,(H,23,26).